The van der Waals surface area contributed by atoms with E-state index in [-0.39, 0.29) is 34.3 Å². The molecule has 27 aromatic rings. The molecule has 0 saturated heterocycles. The number of hydrogen-bond acceptors (Lipinski definition) is 12. The lowest BCUT2D eigenvalue weighted by atomic mass is 10.1. The van der Waals surface area contributed by atoms with Crippen LogP contribution in [0, 0.1) is 0 Å². The molecule has 0 amide bonds. The van der Waals surface area contributed by atoms with Gasteiger partial charge in [-0.3, -0.25) is 0 Å². The van der Waals surface area contributed by atoms with Crippen LogP contribution in [0.1, 0.15) is 32.9 Å². The molecule has 618 valence electrons. The van der Waals surface area contributed by atoms with Crippen LogP contribution < -0.4 is 0 Å². The van der Waals surface area contributed by atoms with Crippen molar-refractivity contribution in [3.63, 3.8) is 0 Å². The Morgan fingerprint density at radius 1 is 0.167 bits per heavy atom. The van der Waals surface area contributed by atoms with Gasteiger partial charge in [-0.2, -0.15) is 0 Å². The van der Waals surface area contributed by atoms with E-state index < -0.39 is 179 Å². The predicted molar refractivity (Wildman–Crippen MR) is 533 cm³/mol. The van der Waals surface area contributed by atoms with E-state index in [2.05, 4.69) is 130 Å². The molecule has 18 aromatic carbocycles. The summed E-state index contributed by atoms with van der Waals surface area (Å²) in [6.07, 6.45) is 0. The van der Waals surface area contributed by atoms with Crippen molar-refractivity contribution in [1.82, 2.24) is 58.6 Å². The van der Waals surface area contributed by atoms with Gasteiger partial charge in [-0.1, -0.05) is 309 Å². The van der Waals surface area contributed by atoms with E-state index >= 15 is 0 Å². The Labute approximate surface area is 788 Å². The van der Waals surface area contributed by atoms with Gasteiger partial charge in [0.15, 0.2) is 69.2 Å². The number of furan rings is 3. The molecule has 0 saturated carbocycles. The first-order valence-corrected chi connectivity index (χ1v) is 41.9. The van der Waals surface area contributed by atoms with Crippen molar-refractivity contribution in [1.29, 1.82) is 0 Å². The summed E-state index contributed by atoms with van der Waals surface area (Å²) >= 11 is 0. The minimum Gasteiger partial charge on any atom is -0.454 e. The number of aromatic nitrogens is 12. The normalized spacial score (nSPS) is 14.2. The van der Waals surface area contributed by atoms with Crippen LogP contribution in [0.2, 0.25) is 0 Å². The molecule has 0 unspecified atom stereocenters. The third kappa shape index (κ3) is 13.3. The fourth-order valence-electron chi connectivity index (χ4n) is 17.3. The summed E-state index contributed by atoms with van der Waals surface area (Å²) in [7, 11) is 0. The summed E-state index contributed by atoms with van der Waals surface area (Å²) in [6.45, 7) is 0. The molecule has 0 N–H and O–H groups in total. The Kier molecular flexibility index (Phi) is 13.4. The molecule has 0 radical (unpaired) electrons. The van der Waals surface area contributed by atoms with Crippen LogP contribution in [0.5, 0.6) is 0 Å². The van der Waals surface area contributed by atoms with Gasteiger partial charge in [0.2, 0.25) is 0 Å². The molecule has 27 rings (SSSR count). The topological polar surface area (TPSA) is 170 Å². The van der Waals surface area contributed by atoms with Gasteiger partial charge in [-0.15, -0.1) is 0 Å². The average Bonchev–Trinajstić information content (AvgIpc) is 1.55. The van der Waals surface area contributed by atoms with Crippen LogP contribution in [-0.2, 0) is 0 Å². The number of benzene rings is 18. The molecule has 0 aliphatic rings. The molecule has 0 fully saturated rings. The Hall–Kier alpha value is -18.2. The van der Waals surface area contributed by atoms with Crippen LogP contribution in [0.4, 0.5) is 0 Å². The molecule has 132 heavy (non-hydrogen) atoms. The highest BCUT2D eigenvalue weighted by molar-refractivity contribution is 6.24. The third-order valence-electron chi connectivity index (χ3n) is 23.2. The number of fused-ring (bicyclic) bond motifs is 21. The highest BCUT2D eigenvalue weighted by Gasteiger charge is 2.26. The third-order valence-corrected chi connectivity index (χ3v) is 23.2. The van der Waals surface area contributed by atoms with Crippen molar-refractivity contribution >= 4 is 131 Å². The first-order chi connectivity index (χ1) is 75.4. The largest absolute Gasteiger partial charge is 0.454 e. The lowest BCUT2D eigenvalue weighted by Gasteiger charge is -2.11. The van der Waals surface area contributed by atoms with Crippen LogP contribution in [0.15, 0.2) is 449 Å². The van der Waals surface area contributed by atoms with E-state index in [1.165, 1.54) is 5.39 Å². The molecule has 9 aromatic heterocycles. The smallest absolute Gasteiger partial charge is 0.164 e. The molecule has 0 aliphatic carbocycles. The molecule has 0 aliphatic heterocycles. The van der Waals surface area contributed by atoms with E-state index in [0.717, 1.165) is 132 Å². The van der Waals surface area contributed by atoms with Gasteiger partial charge in [0.1, 0.15) is 16.7 Å². The van der Waals surface area contributed by atoms with Crippen LogP contribution >= 0.6 is 0 Å². The molecule has 0 atom stereocenters. The van der Waals surface area contributed by atoms with E-state index in [1.807, 2.05) is 176 Å². The molecule has 0 spiro atoms. The Morgan fingerprint density at radius 3 is 0.689 bits per heavy atom. The Morgan fingerprint density at radius 2 is 0.394 bits per heavy atom. The lowest BCUT2D eigenvalue weighted by Crippen LogP contribution is -2.00. The van der Waals surface area contributed by atoms with Gasteiger partial charge in [0.05, 0.1) is 66.0 Å². The average molecular weight is 1720 g/mol. The standard InChI is InChI=1S/3C39H24N4O/c3*1-3-11-25(12-4-1)37-40-38(26-13-5-2-6-14-26)42-39(41-37)27-19-21-28(22-20-27)43-33-17-9-7-15-29(33)31-23-24-32-30-16-8-10-18-34(30)44-36(32)35(31)43/h3*1-24H/i1D,2D,3D,4D,5D,6D,11D,12D,13D,14D,19D,20D,21D,22D;1D,2D,3D,4D,5D,6D,11D,12D,13D,14D;. The van der Waals surface area contributed by atoms with Gasteiger partial charge in [-0.25, -0.2) is 44.9 Å². The van der Waals surface area contributed by atoms with Crippen molar-refractivity contribution in [2.75, 3.05) is 0 Å². The maximum atomic E-state index is 9.42. The van der Waals surface area contributed by atoms with Crippen LogP contribution in [0.25, 0.3) is 251 Å². The summed E-state index contributed by atoms with van der Waals surface area (Å²) in [5.74, 6) is -0.507. The molecular weight excluding hydrogens is 1620 g/mol. The summed E-state index contributed by atoms with van der Waals surface area (Å²) in [4.78, 5) is 41.1. The minimum atomic E-state index is -0.735. The van der Waals surface area contributed by atoms with Crippen LogP contribution in [-0.4, -0.2) is 58.6 Å². The number of hydrogen-bond donors (Lipinski definition) is 0. The SMILES string of the molecule is [2H]c1c([2H])c([2H])c(-c2nc(-c3c([2H])c([2H])c([2H])c([2H])c3[2H])nc(-c3c([2H])c([2H])c(-n4c5ccccc5c5ccc6c7ccccc7oc6c54)c([2H])c3[2H])n2)c([2H])c1[2H].[2H]c1c([2H])c([2H])c(-c2nc(-c3ccc(-n4c5ccccc5c5ccc6c7ccccc7oc6c54)cc3)nc(-c3c([2H])c([2H])c([2H])c([2H])c3[2H])n2)c([2H])c1[2H].c1ccc(-c2nc(-c3ccccc3)nc(-c3ccc(-n4c5ccccc5c5ccc6c7ccccc7oc6c54)cc3)n2)cc1. The Balaban J connectivity index is 0.000000121. The number of para-hydroxylation sites is 6. The second-order valence-corrected chi connectivity index (χ2v) is 30.8. The number of rotatable bonds is 12. The number of nitrogens with zero attached hydrogens (tertiary/aromatic N) is 12. The van der Waals surface area contributed by atoms with E-state index in [1.54, 1.807) is 28.8 Å². The monoisotopic (exact) mass is 1720 g/mol. The highest BCUT2D eigenvalue weighted by Crippen LogP contribution is 2.46. The van der Waals surface area contributed by atoms with Gasteiger partial charge >= 0.3 is 0 Å². The highest BCUT2D eigenvalue weighted by atomic mass is 16.3. The maximum Gasteiger partial charge on any atom is 0.164 e. The fourth-order valence-corrected chi connectivity index (χ4v) is 17.3. The zero-order valence-electron chi connectivity index (χ0n) is 92.8. The zero-order chi connectivity index (χ0) is 108. The van der Waals surface area contributed by atoms with Gasteiger partial charge in [0, 0.05) is 132 Å². The molecule has 9 heterocycles. The van der Waals surface area contributed by atoms with Crippen molar-refractivity contribution in [3.05, 3.63) is 436 Å². The summed E-state index contributed by atoms with van der Waals surface area (Å²) < 4.78 is 230. The minimum absolute atomic E-state index is 0.0120. The van der Waals surface area contributed by atoms with Gasteiger partial charge < -0.3 is 27.0 Å². The van der Waals surface area contributed by atoms with E-state index in [9.17, 15) is 5.48 Å². The predicted octanol–water partition coefficient (Wildman–Crippen LogP) is 29.6. The lowest BCUT2D eigenvalue weighted by molar-refractivity contribution is 0.670. The quantitative estimate of drug-likeness (QED) is 0.114. The second kappa shape index (κ2) is 32.0. The summed E-state index contributed by atoms with van der Waals surface area (Å²) in [6, 6.07) is 80.1. The molecule has 0 bridgehead atoms. The molecule has 15 heteroatoms. The van der Waals surface area contributed by atoms with E-state index in [0.29, 0.717) is 45.2 Å². The summed E-state index contributed by atoms with van der Waals surface area (Å²) in [5.41, 5.74) is 12.1. The van der Waals surface area contributed by atoms with Crippen molar-refractivity contribution in [2.45, 2.75) is 0 Å². The van der Waals surface area contributed by atoms with Gasteiger partial charge in [-0.05, 0) is 127 Å². The summed E-state index contributed by atoms with van der Waals surface area (Å²) in [5, 5.41) is 11.7. The maximum absolute atomic E-state index is 9.42. The first-order valence-electron chi connectivity index (χ1n) is 53.9. The van der Waals surface area contributed by atoms with E-state index in [4.69, 9.17) is 55.6 Å². The van der Waals surface area contributed by atoms with Crippen molar-refractivity contribution in [3.8, 4) is 120 Å². The first kappa shape index (κ1) is 55.3. The molecular formula is C117H72N12O3. The second-order valence-electron chi connectivity index (χ2n) is 30.8. The van der Waals surface area contributed by atoms with Crippen LogP contribution in [0.3, 0.4) is 0 Å². The Bertz CT molecular complexity index is 10400. The van der Waals surface area contributed by atoms with Crippen molar-refractivity contribution < 1.29 is 46.1 Å². The zero-order valence-corrected chi connectivity index (χ0v) is 68.8. The van der Waals surface area contributed by atoms with Crippen molar-refractivity contribution in [2.24, 2.45) is 0 Å². The molecule has 15 nitrogen and oxygen atoms in total. The van der Waals surface area contributed by atoms with Gasteiger partial charge in [0.25, 0.3) is 0 Å². The fraction of sp³-hybridized carbons (Fsp3) is 0.